The van der Waals surface area contributed by atoms with Gasteiger partial charge in [-0.05, 0) is 30.4 Å². The minimum Gasteiger partial charge on any atom is -0.159 e. The normalized spacial score (nSPS) is 12.7. The number of nitrogens with zero attached hydrogens (tertiary/aromatic N) is 2. The lowest BCUT2D eigenvalue weighted by atomic mass is 9.92. The highest BCUT2D eigenvalue weighted by Gasteiger charge is 2.10. The van der Waals surface area contributed by atoms with Crippen LogP contribution in [0.2, 0.25) is 0 Å². The average molecular weight is 332 g/mol. The molecule has 1 heterocycles. The van der Waals surface area contributed by atoms with Crippen molar-refractivity contribution < 1.29 is 0 Å². The predicted octanol–water partition coefficient (Wildman–Crippen LogP) is 4.49. The Morgan fingerprint density at radius 3 is 2.75 bits per heavy atom. The van der Waals surface area contributed by atoms with Crippen LogP contribution >= 0.6 is 22.6 Å². The Morgan fingerprint density at radius 1 is 1.31 bits per heavy atom. The zero-order chi connectivity index (χ0) is 11.8. The van der Waals surface area contributed by atoms with Gasteiger partial charge in [-0.3, -0.25) is 0 Å². The summed E-state index contributed by atoms with van der Waals surface area (Å²) >= 11 is 2.34. The molecule has 1 unspecified atom stereocenters. The van der Waals surface area contributed by atoms with Gasteiger partial charge in [-0.25, -0.2) is 0 Å². The van der Waals surface area contributed by atoms with E-state index in [1.807, 2.05) is 6.20 Å². The highest BCUT2D eigenvalue weighted by atomic mass is 127. The zero-order valence-corrected chi connectivity index (χ0v) is 12.4. The largest absolute Gasteiger partial charge is 0.159 e. The van der Waals surface area contributed by atoms with Crippen molar-refractivity contribution in [3.63, 3.8) is 0 Å². The van der Waals surface area contributed by atoms with Crippen LogP contribution < -0.4 is 0 Å². The van der Waals surface area contributed by atoms with Crippen molar-refractivity contribution in [2.45, 2.75) is 56.3 Å². The van der Waals surface area contributed by atoms with Gasteiger partial charge in [0.05, 0.1) is 11.9 Å². The minimum atomic E-state index is 0.670. The molecular formula is C13H21IN2. The molecule has 2 nitrogen and oxygen atoms in total. The monoisotopic (exact) mass is 332 g/mol. The van der Waals surface area contributed by atoms with Crippen LogP contribution in [0.3, 0.4) is 0 Å². The standard InChI is InChI=1S/C13H21IN2/c1-3-5-6-7-11(4-2)12-8-13(9-14)16-15-10-12/h8,10-11H,3-7,9H2,1-2H3. The Morgan fingerprint density at radius 2 is 2.12 bits per heavy atom. The maximum absolute atomic E-state index is 4.11. The summed E-state index contributed by atoms with van der Waals surface area (Å²) in [5.41, 5.74) is 2.48. The molecule has 0 spiro atoms. The summed E-state index contributed by atoms with van der Waals surface area (Å²) in [6.45, 7) is 4.52. The van der Waals surface area contributed by atoms with Crippen LogP contribution in [-0.4, -0.2) is 10.2 Å². The summed E-state index contributed by atoms with van der Waals surface area (Å²) in [5, 5.41) is 8.21. The molecule has 16 heavy (non-hydrogen) atoms. The van der Waals surface area contributed by atoms with Crippen molar-refractivity contribution in [1.82, 2.24) is 10.2 Å². The SMILES string of the molecule is CCCCCC(CC)c1cnnc(CI)c1. The fourth-order valence-corrected chi connectivity index (χ4v) is 2.34. The van der Waals surface area contributed by atoms with Crippen LogP contribution in [0.5, 0.6) is 0 Å². The van der Waals surface area contributed by atoms with E-state index in [0.29, 0.717) is 5.92 Å². The van der Waals surface area contributed by atoms with E-state index in [0.717, 1.165) is 10.1 Å². The van der Waals surface area contributed by atoms with Crippen molar-refractivity contribution in [3.8, 4) is 0 Å². The second-order valence-electron chi connectivity index (χ2n) is 4.21. The first-order valence-corrected chi connectivity index (χ1v) is 7.71. The predicted molar refractivity (Wildman–Crippen MR) is 76.9 cm³/mol. The number of unbranched alkanes of at least 4 members (excludes halogenated alkanes) is 2. The van der Waals surface area contributed by atoms with Gasteiger partial charge in [-0.15, -0.1) is 0 Å². The van der Waals surface area contributed by atoms with E-state index in [9.17, 15) is 0 Å². The van der Waals surface area contributed by atoms with Crippen LogP contribution in [0.1, 0.15) is 63.1 Å². The highest BCUT2D eigenvalue weighted by Crippen LogP contribution is 2.25. The number of aromatic nitrogens is 2. The van der Waals surface area contributed by atoms with Crippen LogP contribution in [-0.2, 0) is 4.43 Å². The molecule has 90 valence electrons. The van der Waals surface area contributed by atoms with Crippen LogP contribution in [0.25, 0.3) is 0 Å². The molecule has 1 atom stereocenters. The lowest BCUT2D eigenvalue weighted by Gasteiger charge is -2.14. The third kappa shape index (κ3) is 4.36. The summed E-state index contributed by atoms with van der Waals surface area (Å²) in [6.07, 6.45) is 8.40. The molecule has 0 amide bonds. The quantitative estimate of drug-likeness (QED) is 0.418. The van der Waals surface area contributed by atoms with Crippen LogP contribution in [0, 0.1) is 0 Å². The molecule has 0 aromatic carbocycles. The number of rotatable bonds is 7. The third-order valence-electron chi connectivity index (χ3n) is 2.98. The zero-order valence-electron chi connectivity index (χ0n) is 10.2. The van der Waals surface area contributed by atoms with Gasteiger partial charge < -0.3 is 0 Å². The summed E-state index contributed by atoms with van der Waals surface area (Å²) in [7, 11) is 0. The van der Waals surface area contributed by atoms with Crippen molar-refractivity contribution >= 4 is 22.6 Å². The smallest absolute Gasteiger partial charge is 0.0731 e. The molecule has 0 bridgehead atoms. The topological polar surface area (TPSA) is 25.8 Å². The minimum absolute atomic E-state index is 0.670. The summed E-state index contributed by atoms with van der Waals surface area (Å²) in [4.78, 5) is 0. The fraction of sp³-hybridized carbons (Fsp3) is 0.692. The highest BCUT2D eigenvalue weighted by molar-refractivity contribution is 14.1. The van der Waals surface area contributed by atoms with Crippen molar-refractivity contribution in [2.75, 3.05) is 0 Å². The first-order chi connectivity index (χ1) is 7.81. The molecule has 1 rings (SSSR count). The summed E-state index contributed by atoms with van der Waals surface area (Å²) < 4.78 is 0.948. The van der Waals surface area contributed by atoms with Gasteiger partial charge in [0.2, 0.25) is 0 Å². The molecule has 0 fully saturated rings. The number of hydrogen-bond donors (Lipinski definition) is 0. The van der Waals surface area contributed by atoms with Gasteiger partial charge in [0.15, 0.2) is 0 Å². The molecule has 3 heteroatoms. The number of alkyl halides is 1. The van der Waals surface area contributed by atoms with E-state index in [2.05, 4.69) is 52.7 Å². The van der Waals surface area contributed by atoms with Crippen molar-refractivity contribution in [2.24, 2.45) is 0 Å². The molecule has 0 aliphatic carbocycles. The molecule has 0 aliphatic heterocycles. The molecule has 0 aliphatic rings. The van der Waals surface area contributed by atoms with Crippen molar-refractivity contribution in [1.29, 1.82) is 0 Å². The van der Waals surface area contributed by atoms with E-state index >= 15 is 0 Å². The maximum atomic E-state index is 4.11. The lowest BCUT2D eigenvalue weighted by molar-refractivity contribution is 0.550. The van der Waals surface area contributed by atoms with Gasteiger partial charge in [0.1, 0.15) is 0 Å². The summed E-state index contributed by atoms with van der Waals surface area (Å²) in [6, 6.07) is 2.22. The molecule has 0 saturated carbocycles. The van der Waals surface area contributed by atoms with Crippen molar-refractivity contribution in [3.05, 3.63) is 23.5 Å². The first kappa shape index (κ1) is 13.9. The molecule has 0 saturated heterocycles. The molecule has 0 N–H and O–H groups in total. The average Bonchev–Trinajstić information content (AvgIpc) is 2.35. The summed E-state index contributed by atoms with van der Waals surface area (Å²) in [5.74, 6) is 0.670. The van der Waals surface area contributed by atoms with E-state index in [1.54, 1.807) is 0 Å². The molecule has 1 aromatic rings. The Hall–Kier alpha value is -0.190. The van der Waals surface area contributed by atoms with E-state index in [-0.39, 0.29) is 0 Å². The Labute approximate surface area is 112 Å². The Balaban J connectivity index is 2.62. The third-order valence-corrected chi connectivity index (χ3v) is 3.77. The van der Waals surface area contributed by atoms with Gasteiger partial charge in [0, 0.05) is 4.43 Å². The van der Waals surface area contributed by atoms with Gasteiger partial charge >= 0.3 is 0 Å². The van der Waals surface area contributed by atoms with Gasteiger partial charge in [-0.1, -0.05) is 55.7 Å². The van der Waals surface area contributed by atoms with E-state index in [1.165, 1.54) is 37.7 Å². The first-order valence-electron chi connectivity index (χ1n) is 6.19. The maximum Gasteiger partial charge on any atom is 0.0731 e. The Bertz CT molecular complexity index is 302. The molecule has 0 radical (unpaired) electrons. The lowest BCUT2D eigenvalue weighted by Crippen LogP contribution is -2.01. The van der Waals surface area contributed by atoms with Crippen LogP contribution in [0.15, 0.2) is 12.3 Å². The Kier molecular flexibility index (Phi) is 6.92. The van der Waals surface area contributed by atoms with E-state index < -0.39 is 0 Å². The van der Waals surface area contributed by atoms with Gasteiger partial charge in [-0.2, -0.15) is 10.2 Å². The number of halogens is 1. The van der Waals surface area contributed by atoms with Crippen LogP contribution in [0.4, 0.5) is 0 Å². The van der Waals surface area contributed by atoms with Gasteiger partial charge in [0.25, 0.3) is 0 Å². The second-order valence-corrected chi connectivity index (χ2v) is 4.98. The molecule has 1 aromatic heterocycles. The number of hydrogen-bond acceptors (Lipinski definition) is 2. The fourth-order valence-electron chi connectivity index (χ4n) is 1.96. The van der Waals surface area contributed by atoms with E-state index in [4.69, 9.17) is 0 Å². The molecular weight excluding hydrogens is 311 g/mol. The second kappa shape index (κ2) is 7.98.